The van der Waals surface area contributed by atoms with Crippen molar-refractivity contribution in [1.29, 1.82) is 0 Å². The van der Waals surface area contributed by atoms with Crippen molar-refractivity contribution in [2.75, 3.05) is 32.7 Å². The maximum absolute atomic E-state index is 11.0. The zero-order valence-corrected chi connectivity index (χ0v) is 19.6. The van der Waals surface area contributed by atoms with Gasteiger partial charge in [-0.2, -0.15) is 0 Å². The van der Waals surface area contributed by atoms with E-state index < -0.39 is 5.97 Å². The Kier molecular flexibility index (Phi) is 8.19. The predicted molar refractivity (Wildman–Crippen MR) is 127 cm³/mol. The third-order valence-corrected chi connectivity index (χ3v) is 5.92. The number of carboxylic acids is 1. The minimum atomic E-state index is -0.942. The highest BCUT2D eigenvalue weighted by molar-refractivity contribution is 7.98. The van der Waals surface area contributed by atoms with Crippen molar-refractivity contribution >= 4 is 35.1 Å². The molecule has 0 saturated carbocycles. The number of ether oxygens (including phenoxy) is 2. The van der Waals surface area contributed by atoms with E-state index in [0.717, 1.165) is 29.9 Å². The summed E-state index contributed by atoms with van der Waals surface area (Å²) in [5.41, 5.74) is 2.36. The molecule has 0 unspecified atom stereocenters. The highest BCUT2D eigenvalue weighted by Crippen LogP contribution is 2.28. The second kappa shape index (κ2) is 11.1. The number of anilines is 1. The van der Waals surface area contributed by atoms with Gasteiger partial charge < -0.3 is 19.5 Å². The van der Waals surface area contributed by atoms with Crippen LogP contribution in [0, 0.1) is 0 Å². The lowest BCUT2D eigenvalue weighted by molar-refractivity contribution is 0.0697. The lowest BCUT2D eigenvalue weighted by Crippen LogP contribution is -2.21. The maximum Gasteiger partial charge on any atom is 0.335 e. The van der Waals surface area contributed by atoms with Gasteiger partial charge in [0.2, 0.25) is 0 Å². The topological polar surface area (TPSA) is 84.8 Å². The number of hydrogen-bond acceptors (Lipinski definition) is 7. The van der Waals surface area contributed by atoms with Crippen LogP contribution >= 0.6 is 23.4 Å². The molecule has 0 saturated heterocycles. The monoisotopic (exact) mass is 473 g/mol. The number of methoxy groups -OCH3 is 2. The number of carbonyl (C=O) groups is 1. The Balaban J connectivity index is 1.63. The van der Waals surface area contributed by atoms with Crippen LogP contribution in [-0.2, 0) is 12.2 Å². The molecule has 0 aliphatic rings. The molecule has 0 amide bonds. The van der Waals surface area contributed by atoms with Crippen LogP contribution in [0.3, 0.4) is 0 Å². The molecule has 168 valence electrons. The van der Waals surface area contributed by atoms with E-state index in [-0.39, 0.29) is 5.56 Å². The minimum absolute atomic E-state index is 0.260. The van der Waals surface area contributed by atoms with Gasteiger partial charge in [-0.1, -0.05) is 41.6 Å². The van der Waals surface area contributed by atoms with Crippen molar-refractivity contribution in [3.8, 4) is 11.5 Å². The maximum atomic E-state index is 11.0. The summed E-state index contributed by atoms with van der Waals surface area (Å²) in [5, 5.41) is 9.94. The van der Waals surface area contributed by atoms with Gasteiger partial charge in [-0.25, -0.2) is 14.8 Å². The fourth-order valence-electron chi connectivity index (χ4n) is 2.98. The van der Waals surface area contributed by atoms with E-state index in [4.69, 9.17) is 26.2 Å². The predicted octanol–water partition coefficient (Wildman–Crippen LogP) is 4.82. The zero-order valence-electron chi connectivity index (χ0n) is 18.0. The lowest BCUT2D eigenvalue weighted by Gasteiger charge is -2.19. The molecule has 1 heterocycles. The standard InChI is InChI=1S/C23H24ClN3O4S/c1-27(11-10-15-6-9-18(30-2)19(12-15)31-3)21-13-20(24)25-23(26-21)32-14-16-4-7-17(8-5-16)22(28)29/h4-9,12-13H,10-11,14H2,1-3H3,(H,28,29). The van der Waals surface area contributed by atoms with Gasteiger partial charge in [0.15, 0.2) is 16.7 Å². The van der Waals surface area contributed by atoms with Gasteiger partial charge in [0.25, 0.3) is 0 Å². The second-order valence-corrected chi connectivity index (χ2v) is 8.31. The highest BCUT2D eigenvalue weighted by atomic mass is 35.5. The summed E-state index contributed by atoms with van der Waals surface area (Å²) in [7, 11) is 5.19. The molecule has 2 aromatic carbocycles. The van der Waals surface area contributed by atoms with Crippen LogP contribution in [0.15, 0.2) is 53.7 Å². The molecule has 0 bridgehead atoms. The van der Waals surface area contributed by atoms with Gasteiger partial charge in [0, 0.05) is 25.4 Å². The summed E-state index contributed by atoms with van der Waals surface area (Å²) < 4.78 is 10.7. The molecule has 7 nitrogen and oxygen atoms in total. The molecular weight excluding hydrogens is 450 g/mol. The molecule has 3 rings (SSSR count). The molecule has 0 atom stereocenters. The molecular formula is C23H24ClN3O4S. The quantitative estimate of drug-likeness (QED) is 0.255. The SMILES string of the molecule is COc1ccc(CCN(C)c2cc(Cl)nc(SCc3ccc(C(=O)O)cc3)n2)cc1OC. The van der Waals surface area contributed by atoms with Crippen molar-refractivity contribution in [2.24, 2.45) is 0 Å². The molecule has 0 aliphatic heterocycles. The largest absolute Gasteiger partial charge is 0.493 e. The van der Waals surface area contributed by atoms with Crippen LogP contribution in [0.2, 0.25) is 5.15 Å². The number of aromatic carboxylic acids is 1. The first-order valence-electron chi connectivity index (χ1n) is 9.81. The molecule has 32 heavy (non-hydrogen) atoms. The van der Waals surface area contributed by atoms with Gasteiger partial charge >= 0.3 is 5.97 Å². The summed E-state index contributed by atoms with van der Waals surface area (Å²) in [5.74, 6) is 1.80. The average Bonchev–Trinajstić information content (AvgIpc) is 2.80. The van der Waals surface area contributed by atoms with Crippen LogP contribution in [0.1, 0.15) is 21.5 Å². The number of carboxylic acid groups (broad SMARTS) is 1. The number of likely N-dealkylation sites (N-methyl/N-ethyl adjacent to an activating group) is 1. The van der Waals surface area contributed by atoms with E-state index in [1.807, 2.05) is 30.1 Å². The van der Waals surface area contributed by atoms with Crippen molar-refractivity contribution in [3.05, 3.63) is 70.4 Å². The summed E-state index contributed by atoms with van der Waals surface area (Å²) in [6.45, 7) is 0.726. The van der Waals surface area contributed by atoms with Crippen molar-refractivity contribution in [2.45, 2.75) is 17.3 Å². The van der Waals surface area contributed by atoms with Gasteiger partial charge in [-0.15, -0.1) is 0 Å². The van der Waals surface area contributed by atoms with Crippen LogP contribution in [0.25, 0.3) is 0 Å². The Morgan fingerprint density at radius 3 is 2.38 bits per heavy atom. The number of benzene rings is 2. The van der Waals surface area contributed by atoms with Crippen molar-refractivity contribution in [3.63, 3.8) is 0 Å². The summed E-state index contributed by atoms with van der Waals surface area (Å²) >= 11 is 7.68. The third kappa shape index (κ3) is 6.27. The lowest BCUT2D eigenvalue weighted by atomic mass is 10.1. The molecule has 0 aliphatic carbocycles. The number of aromatic nitrogens is 2. The van der Waals surface area contributed by atoms with E-state index in [2.05, 4.69) is 9.97 Å². The van der Waals surface area contributed by atoms with Crippen LogP contribution in [0.4, 0.5) is 5.82 Å². The fourth-order valence-corrected chi connectivity index (χ4v) is 4.02. The normalized spacial score (nSPS) is 10.6. The van der Waals surface area contributed by atoms with Gasteiger partial charge in [0.05, 0.1) is 19.8 Å². The van der Waals surface area contributed by atoms with E-state index in [9.17, 15) is 4.79 Å². The molecule has 1 N–H and O–H groups in total. The molecule has 9 heteroatoms. The van der Waals surface area contributed by atoms with Crippen LogP contribution in [0.5, 0.6) is 11.5 Å². The molecule has 0 radical (unpaired) electrons. The molecule has 3 aromatic rings. The Morgan fingerprint density at radius 1 is 1.03 bits per heavy atom. The number of thioether (sulfide) groups is 1. The van der Waals surface area contributed by atoms with Crippen LogP contribution in [-0.4, -0.2) is 48.9 Å². The van der Waals surface area contributed by atoms with E-state index in [1.54, 1.807) is 44.6 Å². The highest BCUT2D eigenvalue weighted by Gasteiger charge is 2.11. The first kappa shape index (κ1) is 23.7. The Hall–Kier alpha value is -2.97. The smallest absolute Gasteiger partial charge is 0.335 e. The first-order chi connectivity index (χ1) is 15.4. The molecule has 1 aromatic heterocycles. The summed E-state index contributed by atoms with van der Waals surface area (Å²) in [6, 6.07) is 14.4. The van der Waals surface area contributed by atoms with Crippen molar-refractivity contribution in [1.82, 2.24) is 9.97 Å². The van der Waals surface area contributed by atoms with Gasteiger partial charge in [-0.3, -0.25) is 0 Å². The summed E-state index contributed by atoms with van der Waals surface area (Å²) in [6.07, 6.45) is 0.789. The number of rotatable bonds is 10. The van der Waals surface area contributed by atoms with E-state index in [1.165, 1.54) is 11.8 Å². The van der Waals surface area contributed by atoms with E-state index in [0.29, 0.717) is 27.6 Å². The number of nitrogens with zero attached hydrogens (tertiary/aromatic N) is 3. The fraction of sp³-hybridized carbons (Fsp3) is 0.261. The minimum Gasteiger partial charge on any atom is -0.493 e. The third-order valence-electron chi connectivity index (χ3n) is 4.80. The number of halogens is 1. The van der Waals surface area contributed by atoms with Crippen LogP contribution < -0.4 is 14.4 Å². The molecule has 0 fully saturated rings. The zero-order chi connectivity index (χ0) is 23.1. The van der Waals surface area contributed by atoms with Crippen molar-refractivity contribution < 1.29 is 19.4 Å². The summed E-state index contributed by atoms with van der Waals surface area (Å²) in [4.78, 5) is 21.9. The average molecular weight is 474 g/mol. The van der Waals surface area contributed by atoms with Gasteiger partial charge in [-0.05, 0) is 41.8 Å². The Labute approximate surface area is 196 Å². The number of hydrogen-bond donors (Lipinski definition) is 1. The molecule has 0 spiro atoms. The Bertz CT molecular complexity index is 1080. The second-order valence-electron chi connectivity index (χ2n) is 6.98. The first-order valence-corrected chi connectivity index (χ1v) is 11.2. The Morgan fingerprint density at radius 2 is 1.72 bits per heavy atom. The van der Waals surface area contributed by atoms with Gasteiger partial charge in [0.1, 0.15) is 11.0 Å². The van der Waals surface area contributed by atoms with E-state index >= 15 is 0 Å².